The van der Waals surface area contributed by atoms with E-state index in [0.717, 1.165) is 10.9 Å². The molecule has 0 amide bonds. The fraction of sp³-hybridized carbons (Fsp3) is 0. The Morgan fingerprint density at radius 2 is 1.84 bits per heavy atom. The number of hydrogen-bond acceptors (Lipinski definition) is 4. The SMILES string of the molecule is Clc1ncc(Cl)c(Oc2cccc3cccnc23)n1. The molecule has 0 aliphatic heterocycles. The highest BCUT2D eigenvalue weighted by Crippen LogP contribution is 2.31. The monoisotopic (exact) mass is 291 g/mol. The molecular formula is C13H7Cl2N3O. The van der Waals surface area contributed by atoms with Gasteiger partial charge in [-0.1, -0.05) is 29.8 Å². The quantitative estimate of drug-likeness (QED) is 0.666. The van der Waals surface area contributed by atoms with E-state index < -0.39 is 0 Å². The van der Waals surface area contributed by atoms with Crippen molar-refractivity contribution in [2.75, 3.05) is 0 Å². The molecule has 0 spiro atoms. The lowest BCUT2D eigenvalue weighted by atomic mass is 10.2. The highest BCUT2D eigenvalue weighted by Gasteiger charge is 2.09. The summed E-state index contributed by atoms with van der Waals surface area (Å²) >= 11 is 11.7. The Kier molecular flexibility index (Phi) is 3.19. The van der Waals surface area contributed by atoms with Crippen LogP contribution in [0.25, 0.3) is 10.9 Å². The summed E-state index contributed by atoms with van der Waals surface area (Å²) in [4.78, 5) is 12.0. The van der Waals surface area contributed by atoms with Crippen LogP contribution in [0.5, 0.6) is 11.6 Å². The minimum atomic E-state index is 0.0765. The van der Waals surface area contributed by atoms with E-state index >= 15 is 0 Å². The summed E-state index contributed by atoms with van der Waals surface area (Å²) in [6.45, 7) is 0. The summed E-state index contributed by atoms with van der Waals surface area (Å²) in [5, 5.41) is 1.33. The Balaban J connectivity index is 2.08. The largest absolute Gasteiger partial charge is 0.435 e. The Morgan fingerprint density at radius 3 is 2.74 bits per heavy atom. The van der Waals surface area contributed by atoms with Gasteiger partial charge in [0.1, 0.15) is 10.5 Å². The summed E-state index contributed by atoms with van der Waals surface area (Å²) in [7, 11) is 0. The number of nitrogens with zero attached hydrogens (tertiary/aromatic N) is 3. The normalized spacial score (nSPS) is 10.6. The molecule has 3 rings (SSSR count). The van der Waals surface area contributed by atoms with Crippen LogP contribution in [0.3, 0.4) is 0 Å². The van der Waals surface area contributed by atoms with Crippen LogP contribution in [0.1, 0.15) is 0 Å². The van der Waals surface area contributed by atoms with Crippen LogP contribution in [-0.4, -0.2) is 15.0 Å². The number of ether oxygens (including phenoxy) is 1. The van der Waals surface area contributed by atoms with Crippen LogP contribution < -0.4 is 4.74 Å². The third-order valence-corrected chi connectivity index (χ3v) is 2.93. The smallest absolute Gasteiger partial charge is 0.242 e. The number of halogens is 2. The molecule has 0 aliphatic carbocycles. The summed E-state index contributed by atoms with van der Waals surface area (Å²) in [6, 6.07) is 9.42. The van der Waals surface area contributed by atoms with Crippen molar-refractivity contribution in [3.63, 3.8) is 0 Å². The van der Waals surface area contributed by atoms with Gasteiger partial charge in [0.2, 0.25) is 11.2 Å². The molecule has 1 aromatic carbocycles. The van der Waals surface area contributed by atoms with Crippen molar-refractivity contribution < 1.29 is 4.74 Å². The van der Waals surface area contributed by atoms with Crippen molar-refractivity contribution in [2.24, 2.45) is 0 Å². The van der Waals surface area contributed by atoms with Crippen molar-refractivity contribution in [2.45, 2.75) is 0 Å². The Morgan fingerprint density at radius 1 is 1.00 bits per heavy atom. The average molecular weight is 292 g/mol. The molecular weight excluding hydrogens is 285 g/mol. The van der Waals surface area contributed by atoms with Crippen LogP contribution in [0.15, 0.2) is 42.7 Å². The molecule has 2 aromatic heterocycles. The number of rotatable bonds is 2. The van der Waals surface area contributed by atoms with E-state index in [2.05, 4.69) is 15.0 Å². The number of benzene rings is 1. The fourth-order valence-electron chi connectivity index (χ4n) is 1.67. The molecule has 0 atom stereocenters. The second kappa shape index (κ2) is 4.99. The molecule has 0 bridgehead atoms. The van der Waals surface area contributed by atoms with Gasteiger partial charge in [-0.2, -0.15) is 4.98 Å². The van der Waals surface area contributed by atoms with Gasteiger partial charge in [0, 0.05) is 11.6 Å². The van der Waals surface area contributed by atoms with Gasteiger partial charge in [-0.15, -0.1) is 0 Å². The average Bonchev–Trinajstić information content (AvgIpc) is 2.43. The van der Waals surface area contributed by atoms with Crippen molar-refractivity contribution in [1.29, 1.82) is 0 Å². The van der Waals surface area contributed by atoms with E-state index in [4.69, 9.17) is 27.9 Å². The minimum absolute atomic E-state index is 0.0765. The molecule has 19 heavy (non-hydrogen) atoms. The lowest BCUT2D eigenvalue weighted by molar-refractivity contribution is 0.466. The topological polar surface area (TPSA) is 47.9 Å². The highest BCUT2D eigenvalue weighted by atomic mass is 35.5. The van der Waals surface area contributed by atoms with Gasteiger partial charge in [-0.3, -0.25) is 4.98 Å². The molecule has 0 saturated heterocycles. The zero-order valence-corrected chi connectivity index (χ0v) is 11.1. The van der Waals surface area contributed by atoms with Crippen LogP contribution >= 0.6 is 23.2 Å². The van der Waals surface area contributed by atoms with Crippen molar-refractivity contribution in [3.05, 3.63) is 53.0 Å². The molecule has 2 heterocycles. The third kappa shape index (κ3) is 2.45. The summed E-state index contributed by atoms with van der Waals surface area (Å²) in [5.74, 6) is 0.773. The third-order valence-electron chi connectivity index (χ3n) is 2.48. The number of fused-ring (bicyclic) bond motifs is 1. The van der Waals surface area contributed by atoms with Crippen molar-refractivity contribution in [1.82, 2.24) is 15.0 Å². The molecule has 0 radical (unpaired) electrons. The summed E-state index contributed by atoms with van der Waals surface area (Å²) in [6.07, 6.45) is 3.09. The predicted molar refractivity (Wildman–Crippen MR) is 73.9 cm³/mol. The molecule has 0 aliphatic rings. The van der Waals surface area contributed by atoms with Gasteiger partial charge < -0.3 is 4.74 Å². The molecule has 6 heteroatoms. The maximum atomic E-state index is 5.97. The summed E-state index contributed by atoms with van der Waals surface area (Å²) in [5.41, 5.74) is 0.732. The van der Waals surface area contributed by atoms with E-state index in [9.17, 15) is 0 Å². The first-order valence-electron chi connectivity index (χ1n) is 5.44. The maximum Gasteiger partial charge on any atom is 0.242 e. The molecule has 94 valence electrons. The second-order valence-electron chi connectivity index (χ2n) is 3.73. The Labute approximate surface area is 119 Å². The van der Waals surface area contributed by atoms with E-state index in [0.29, 0.717) is 5.75 Å². The van der Waals surface area contributed by atoms with Gasteiger partial charge in [-0.05, 0) is 23.7 Å². The standard InChI is InChI=1S/C13H7Cl2N3O/c14-9-7-17-13(15)18-12(9)19-10-5-1-3-8-4-2-6-16-11(8)10/h1-7H. The van der Waals surface area contributed by atoms with Crippen molar-refractivity contribution in [3.8, 4) is 11.6 Å². The number of para-hydroxylation sites is 1. The first kappa shape index (κ1) is 12.1. The fourth-order valence-corrected chi connectivity index (χ4v) is 1.92. The number of hydrogen-bond donors (Lipinski definition) is 0. The predicted octanol–water partition coefficient (Wildman–Crippen LogP) is 4.12. The maximum absolute atomic E-state index is 5.97. The van der Waals surface area contributed by atoms with E-state index in [1.54, 1.807) is 12.3 Å². The Bertz CT molecular complexity index is 744. The first-order chi connectivity index (χ1) is 9.24. The van der Waals surface area contributed by atoms with E-state index in [-0.39, 0.29) is 16.2 Å². The molecule has 3 aromatic rings. The van der Waals surface area contributed by atoms with Crippen LogP contribution in [0.2, 0.25) is 10.3 Å². The van der Waals surface area contributed by atoms with Crippen LogP contribution in [-0.2, 0) is 0 Å². The van der Waals surface area contributed by atoms with Crippen LogP contribution in [0.4, 0.5) is 0 Å². The summed E-state index contributed by atoms with van der Waals surface area (Å²) < 4.78 is 5.67. The number of pyridine rings is 1. The minimum Gasteiger partial charge on any atom is -0.435 e. The molecule has 0 fully saturated rings. The second-order valence-corrected chi connectivity index (χ2v) is 4.47. The zero-order chi connectivity index (χ0) is 13.2. The van der Waals surface area contributed by atoms with Gasteiger partial charge in [-0.25, -0.2) is 4.98 Å². The zero-order valence-electron chi connectivity index (χ0n) is 9.55. The number of aromatic nitrogens is 3. The lowest BCUT2D eigenvalue weighted by Gasteiger charge is -2.08. The van der Waals surface area contributed by atoms with Crippen molar-refractivity contribution >= 4 is 34.1 Å². The van der Waals surface area contributed by atoms with Gasteiger partial charge in [0.15, 0.2) is 5.75 Å². The Hall–Kier alpha value is -1.91. The van der Waals surface area contributed by atoms with Gasteiger partial charge in [0.05, 0.1) is 6.20 Å². The molecule has 0 unspecified atom stereocenters. The molecule has 0 N–H and O–H groups in total. The highest BCUT2D eigenvalue weighted by molar-refractivity contribution is 6.32. The van der Waals surface area contributed by atoms with Crippen LogP contribution in [0, 0.1) is 0 Å². The lowest BCUT2D eigenvalue weighted by Crippen LogP contribution is -1.93. The first-order valence-corrected chi connectivity index (χ1v) is 6.19. The van der Waals surface area contributed by atoms with Gasteiger partial charge in [0.25, 0.3) is 0 Å². The van der Waals surface area contributed by atoms with Gasteiger partial charge >= 0.3 is 0 Å². The molecule has 0 saturated carbocycles. The molecule has 4 nitrogen and oxygen atoms in total. The van der Waals surface area contributed by atoms with E-state index in [1.165, 1.54) is 6.20 Å². The van der Waals surface area contributed by atoms with E-state index in [1.807, 2.05) is 24.3 Å².